The van der Waals surface area contributed by atoms with Crippen LogP contribution in [0.4, 0.5) is 4.39 Å². The van der Waals surface area contributed by atoms with Gasteiger partial charge in [-0.1, -0.05) is 12.1 Å². The SMILES string of the molecule is CC(Cc1cccc(F)c1)NC1CCCNC1=O. The minimum Gasteiger partial charge on any atom is -0.355 e. The van der Waals surface area contributed by atoms with E-state index in [9.17, 15) is 9.18 Å². The number of rotatable bonds is 4. The molecule has 2 unspecified atom stereocenters. The zero-order valence-electron chi connectivity index (χ0n) is 10.6. The third-order valence-corrected chi connectivity index (χ3v) is 3.20. The molecule has 18 heavy (non-hydrogen) atoms. The van der Waals surface area contributed by atoms with Crippen molar-refractivity contribution in [2.24, 2.45) is 0 Å². The largest absolute Gasteiger partial charge is 0.355 e. The Bertz CT molecular complexity index is 422. The third kappa shape index (κ3) is 3.53. The molecule has 1 aliphatic rings. The lowest BCUT2D eigenvalue weighted by molar-refractivity contribution is -0.124. The Balaban J connectivity index is 1.88. The standard InChI is InChI=1S/C14H19FN2O/c1-10(8-11-4-2-5-12(15)9-11)17-13-6-3-7-16-14(13)18/h2,4-5,9-10,13,17H,3,6-8H2,1H3,(H,16,18). The molecule has 2 atom stereocenters. The Morgan fingerprint density at radius 2 is 2.39 bits per heavy atom. The van der Waals surface area contributed by atoms with Crippen LogP contribution in [0.1, 0.15) is 25.3 Å². The average Bonchev–Trinajstić information content (AvgIpc) is 2.32. The van der Waals surface area contributed by atoms with Crippen LogP contribution in [0.25, 0.3) is 0 Å². The summed E-state index contributed by atoms with van der Waals surface area (Å²) in [4.78, 5) is 11.6. The molecule has 98 valence electrons. The fraction of sp³-hybridized carbons (Fsp3) is 0.500. The van der Waals surface area contributed by atoms with Gasteiger partial charge in [-0.15, -0.1) is 0 Å². The number of nitrogens with one attached hydrogen (secondary N) is 2. The number of halogens is 1. The normalized spacial score (nSPS) is 21.4. The molecule has 2 N–H and O–H groups in total. The maximum absolute atomic E-state index is 13.1. The van der Waals surface area contributed by atoms with Crippen LogP contribution >= 0.6 is 0 Å². The maximum Gasteiger partial charge on any atom is 0.237 e. The fourth-order valence-electron chi connectivity index (χ4n) is 2.35. The van der Waals surface area contributed by atoms with Crippen LogP contribution in [0.2, 0.25) is 0 Å². The van der Waals surface area contributed by atoms with Crippen molar-refractivity contribution in [2.75, 3.05) is 6.54 Å². The quantitative estimate of drug-likeness (QED) is 0.852. The highest BCUT2D eigenvalue weighted by Crippen LogP contribution is 2.09. The summed E-state index contributed by atoms with van der Waals surface area (Å²) < 4.78 is 13.1. The zero-order chi connectivity index (χ0) is 13.0. The van der Waals surface area contributed by atoms with Crippen LogP contribution < -0.4 is 10.6 Å². The van der Waals surface area contributed by atoms with Crippen LogP contribution in [0.3, 0.4) is 0 Å². The lowest BCUT2D eigenvalue weighted by atomic mass is 10.0. The van der Waals surface area contributed by atoms with Gasteiger partial charge in [0.25, 0.3) is 0 Å². The molecule has 2 rings (SSSR count). The summed E-state index contributed by atoms with van der Waals surface area (Å²) >= 11 is 0. The third-order valence-electron chi connectivity index (χ3n) is 3.20. The van der Waals surface area contributed by atoms with E-state index in [4.69, 9.17) is 0 Å². The molecule has 1 saturated heterocycles. The van der Waals surface area contributed by atoms with Gasteiger partial charge in [0.05, 0.1) is 6.04 Å². The molecule has 0 aromatic heterocycles. The molecular weight excluding hydrogens is 231 g/mol. The summed E-state index contributed by atoms with van der Waals surface area (Å²) in [7, 11) is 0. The van der Waals surface area contributed by atoms with Crippen molar-refractivity contribution in [3.63, 3.8) is 0 Å². The number of carbonyl (C=O) groups is 1. The van der Waals surface area contributed by atoms with E-state index in [-0.39, 0.29) is 23.8 Å². The molecule has 1 fully saturated rings. The first-order chi connectivity index (χ1) is 8.65. The fourth-order valence-corrected chi connectivity index (χ4v) is 2.35. The highest BCUT2D eigenvalue weighted by molar-refractivity contribution is 5.82. The molecule has 0 saturated carbocycles. The molecule has 1 heterocycles. The van der Waals surface area contributed by atoms with Crippen LogP contribution in [-0.4, -0.2) is 24.5 Å². The van der Waals surface area contributed by atoms with Crippen molar-refractivity contribution < 1.29 is 9.18 Å². The Morgan fingerprint density at radius 1 is 1.56 bits per heavy atom. The molecule has 1 aliphatic heterocycles. The molecule has 0 spiro atoms. The summed E-state index contributed by atoms with van der Waals surface area (Å²) in [5.41, 5.74) is 0.950. The van der Waals surface area contributed by atoms with Crippen molar-refractivity contribution in [1.29, 1.82) is 0 Å². The van der Waals surface area contributed by atoms with Crippen molar-refractivity contribution in [1.82, 2.24) is 10.6 Å². The van der Waals surface area contributed by atoms with Crippen LogP contribution in [0.15, 0.2) is 24.3 Å². The van der Waals surface area contributed by atoms with E-state index in [2.05, 4.69) is 10.6 Å². The van der Waals surface area contributed by atoms with Gasteiger partial charge in [-0.2, -0.15) is 0 Å². The van der Waals surface area contributed by atoms with E-state index >= 15 is 0 Å². The second-order valence-corrected chi connectivity index (χ2v) is 4.89. The van der Waals surface area contributed by atoms with Gasteiger partial charge in [-0.3, -0.25) is 4.79 Å². The summed E-state index contributed by atoms with van der Waals surface area (Å²) in [5.74, 6) is -0.137. The van der Waals surface area contributed by atoms with Gasteiger partial charge in [0.2, 0.25) is 5.91 Å². The van der Waals surface area contributed by atoms with E-state index in [0.717, 1.165) is 31.4 Å². The van der Waals surface area contributed by atoms with Gasteiger partial charge in [-0.25, -0.2) is 4.39 Å². The molecule has 3 nitrogen and oxygen atoms in total. The molecule has 0 radical (unpaired) electrons. The molecule has 1 aromatic rings. The van der Waals surface area contributed by atoms with E-state index in [1.807, 2.05) is 13.0 Å². The molecular formula is C14H19FN2O. The van der Waals surface area contributed by atoms with Crippen molar-refractivity contribution in [2.45, 2.75) is 38.3 Å². The van der Waals surface area contributed by atoms with Crippen molar-refractivity contribution >= 4 is 5.91 Å². The molecule has 4 heteroatoms. The molecule has 1 aromatic carbocycles. The van der Waals surface area contributed by atoms with Gasteiger partial charge in [-0.05, 0) is 43.9 Å². The average molecular weight is 250 g/mol. The second kappa shape index (κ2) is 5.96. The Kier molecular flexibility index (Phi) is 4.31. The van der Waals surface area contributed by atoms with Gasteiger partial charge < -0.3 is 10.6 Å². The first-order valence-electron chi connectivity index (χ1n) is 6.43. The highest BCUT2D eigenvalue weighted by Gasteiger charge is 2.22. The Hall–Kier alpha value is -1.42. The Labute approximate surface area is 107 Å². The minimum absolute atomic E-state index is 0.0762. The number of piperidine rings is 1. The molecule has 0 aliphatic carbocycles. The number of amides is 1. The zero-order valence-corrected chi connectivity index (χ0v) is 10.6. The lowest BCUT2D eigenvalue weighted by Crippen LogP contribution is -2.51. The number of hydrogen-bond acceptors (Lipinski definition) is 2. The number of carbonyl (C=O) groups excluding carboxylic acids is 1. The van der Waals surface area contributed by atoms with E-state index in [0.29, 0.717) is 0 Å². The van der Waals surface area contributed by atoms with E-state index < -0.39 is 0 Å². The van der Waals surface area contributed by atoms with Crippen LogP contribution in [-0.2, 0) is 11.2 Å². The molecule has 1 amide bonds. The van der Waals surface area contributed by atoms with Gasteiger partial charge in [0.1, 0.15) is 5.82 Å². The monoisotopic (exact) mass is 250 g/mol. The predicted molar refractivity (Wildman–Crippen MR) is 68.7 cm³/mol. The summed E-state index contributed by atoms with van der Waals surface area (Å²) in [6.07, 6.45) is 2.61. The minimum atomic E-state index is -0.213. The van der Waals surface area contributed by atoms with Crippen LogP contribution in [0, 0.1) is 5.82 Å². The number of benzene rings is 1. The van der Waals surface area contributed by atoms with Gasteiger partial charge >= 0.3 is 0 Å². The predicted octanol–water partition coefficient (Wildman–Crippen LogP) is 1.62. The maximum atomic E-state index is 13.1. The van der Waals surface area contributed by atoms with Crippen molar-refractivity contribution in [3.8, 4) is 0 Å². The molecule has 0 bridgehead atoms. The Morgan fingerprint density at radius 3 is 3.11 bits per heavy atom. The smallest absolute Gasteiger partial charge is 0.237 e. The van der Waals surface area contributed by atoms with Gasteiger partial charge in [0, 0.05) is 12.6 Å². The second-order valence-electron chi connectivity index (χ2n) is 4.89. The van der Waals surface area contributed by atoms with Crippen molar-refractivity contribution in [3.05, 3.63) is 35.6 Å². The topological polar surface area (TPSA) is 41.1 Å². The summed E-state index contributed by atoms with van der Waals surface area (Å²) in [6.45, 7) is 2.79. The van der Waals surface area contributed by atoms with Crippen LogP contribution in [0.5, 0.6) is 0 Å². The van der Waals surface area contributed by atoms with E-state index in [1.165, 1.54) is 6.07 Å². The van der Waals surface area contributed by atoms with E-state index in [1.54, 1.807) is 12.1 Å². The van der Waals surface area contributed by atoms with Gasteiger partial charge in [0.15, 0.2) is 0 Å². The number of hydrogen-bond donors (Lipinski definition) is 2. The lowest BCUT2D eigenvalue weighted by Gasteiger charge is -2.26. The summed E-state index contributed by atoms with van der Waals surface area (Å²) in [5, 5.41) is 6.15. The first-order valence-corrected chi connectivity index (χ1v) is 6.43. The summed E-state index contributed by atoms with van der Waals surface area (Å²) in [6, 6.07) is 6.64. The first kappa shape index (κ1) is 13.0. The highest BCUT2D eigenvalue weighted by atomic mass is 19.1.